The van der Waals surface area contributed by atoms with Crippen LogP contribution in [-0.2, 0) is 22.3 Å². The first kappa shape index (κ1) is 20.2. The van der Waals surface area contributed by atoms with Gasteiger partial charge in [0.1, 0.15) is 24.0 Å². The zero-order valence-corrected chi connectivity index (χ0v) is 17.2. The van der Waals surface area contributed by atoms with E-state index >= 15 is 0 Å². The standard InChI is InChI=1S/C22H30N2O5/c1-3-16-17(24-14-4-7-27-8-5-14)11-19-20(21(16)22(25)26)13(2)18(29-19)10-15-12-23-6-9-28-15/h11,14-15,23-24H,3-10,12H2,1-2H3,(H,25,26). The number of quaternary nitrogens is 1. The molecule has 0 aliphatic carbocycles. The maximum atomic E-state index is 12.2. The number of morpholine rings is 1. The van der Waals surface area contributed by atoms with E-state index < -0.39 is 5.97 Å². The van der Waals surface area contributed by atoms with E-state index in [9.17, 15) is 9.90 Å². The number of aryl methyl sites for hydroxylation is 1. The molecule has 0 saturated carbocycles. The van der Waals surface area contributed by atoms with Crippen molar-refractivity contribution in [3.8, 4) is 0 Å². The summed E-state index contributed by atoms with van der Waals surface area (Å²) in [6, 6.07) is 2.23. The molecule has 0 radical (unpaired) electrons. The van der Waals surface area contributed by atoms with E-state index in [4.69, 9.17) is 13.9 Å². The molecule has 3 N–H and O–H groups in total. The Labute approximate surface area is 170 Å². The van der Waals surface area contributed by atoms with Gasteiger partial charge in [-0.3, -0.25) is 0 Å². The SMILES string of the molecule is CCc1c(NC2CCOCC2)cc2oc(CC3C[NH2+]CCO3)c(C)c2c1C(=O)[O-]. The predicted molar refractivity (Wildman–Crippen MR) is 107 cm³/mol. The summed E-state index contributed by atoms with van der Waals surface area (Å²) in [7, 11) is 0. The number of hydrogen-bond donors (Lipinski definition) is 2. The Morgan fingerprint density at radius 2 is 2.10 bits per heavy atom. The minimum absolute atomic E-state index is 0.0832. The van der Waals surface area contributed by atoms with E-state index in [0.29, 0.717) is 23.8 Å². The summed E-state index contributed by atoms with van der Waals surface area (Å²) < 4.78 is 17.4. The number of carbonyl (C=O) groups excluding carboxylic acids is 1. The van der Waals surface area contributed by atoms with Gasteiger partial charge in [0.25, 0.3) is 0 Å². The van der Waals surface area contributed by atoms with Crippen LogP contribution in [0, 0.1) is 6.92 Å². The number of rotatable bonds is 6. The molecule has 158 valence electrons. The van der Waals surface area contributed by atoms with Gasteiger partial charge < -0.3 is 34.4 Å². The van der Waals surface area contributed by atoms with Crippen LogP contribution in [0.4, 0.5) is 5.69 Å². The lowest BCUT2D eigenvalue weighted by Gasteiger charge is -2.26. The molecule has 2 fully saturated rings. The Morgan fingerprint density at radius 3 is 2.76 bits per heavy atom. The number of nitrogens with one attached hydrogen (secondary N) is 1. The molecule has 0 spiro atoms. The maximum Gasteiger partial charge on any atom is 0.137 e. The van der Waals surface area contributed by atoms with Crippen molar-refractivity contribution >= 4 is 22.6 Å². The molecular weight excluding hydrogens is 372 g/mol. The Hall–Kier alpha value is -2.09. The van der Waals surface area contributed by atoms with Crippen LogP contribution in [-0.4, -0.2) is 51.0 Å². The third-order valence-electron chi connectivity index (χ3n) is 6.08. The lowest BCUT2D eigenvalue weighted by Crippen LogP contribution is -2.89. The predicted octanol–water partition coefficient (Wildman–Crippen LogP) is 0.763. The number of carbonyl (C=O) groups is 1. The molecule has 4 rings (SSSR count). The van der Waals surface area contributed by atoms with Crippen LogP contribution in [0.3, 0.4) is 0 Å². The zero-order chi connectivity index (χ0) is 20.4. The van der Waals surface area contributed by atoms with Crippen LogP contribution in [0.25, 0.3) is 11.0 Å². The Bertz CT molecular complexity index is 879. The second-order valence-electron chi connectivity index (χ2n) is 7.98. The number of hydrogen-bond acceptors (Lipinski definition) is 6. The minimum atomic E-state index is -1.15. The maximum absolute atomic E-state index is 12.2. The molecule has 1 atom stereocenters. The van der Waals surface area contributed by atoms with Gasteiger partial charge in [-0.15, -0.1) is 0 Å². The first-order valence-electron chi connectivity index (χ1n) is 10.6. The molecule has 2 aliphatic heterocycles. The lowest BCUT2D eigenvalue weighted by atomic mass is 9.95. The molecule has 2 aliphatic rings. The summed E-state index contributed by atoms with van der Waals surface area (Å²) in [6.45, 7) is 7.95. The second-order valence-corrected chi connectivity index (χ2v) is 7.98. The highest BCUT2D eigenvalue weighted by Crippen LogP contribution is 2.36. The number of carboxylic acids is 1. The monoisotopic (exact) mass is 402 g/mol. The largest absolute Gasteiger partial charge is 0.545 e. The van der Waals surface area contributed by atoms with Crippen LogP contribution in [0.15, 0.2) is 10.5 Å². The van der Waals surface area contributed by atoms with Crippen LogP contribution in [0.5, 0.6) is 0 Å². The Morgan fingerprint density at radius 1 is 1.31 bits per heavy atom. The van der Waals surface area contributed by atoms with E-state index in [2.05, 4.69) is 10.6 Å². The van der Waals surface area contributed by atoms with Gasteiger partial charge in [0.15, 0.2) is 0 Å². The van der Waals surface area contributed by atoms with Crippen molar-refractivity contribution in [2.45, 2.75) is 51.7 Å². The highest BCUT2D eigenvalue weighted by molar-refractivity contribution is 6.06. The first-order valence-corrected chi connectivity index (χ1v) is 10.6. The van der Waals surface area contributed by atoms with E-state index in [1.165, 1.54) is 0 Å². The number of nitrogens with two attached hydrogens (primary N) is 1. The molecular formula is C22H30N2O5. The molecule has 2 saturated heterocycles. The fourth-order valence-corrected chi connectivity index (χ4v) is 4.52. The van der Waals surface area contributed by atoms with Gasteiger partial charge in [-0.2, -0.15) is 0 Å². The summed E-state index contributed by atoms with van der Waals surface area (Å²) >= 11 is 0. The zero-order valence-electron chi connectivity index (χ0n) is 17.2. The quantitative estimate of drug-likeness (QED) is 0.740. The highest BCUT2D eigenvalue weighted by atomic mass is 16.5. The molecule has 0 amide bonds. The number of furan rings is 1. The average molecular weight is 402 g/mol. The lowest BCUT2D eigenvalue weighted by molar-refractivity contribution is -0.677. The number of fused-ring (bicyclic) bond motifs is 1. The van der Waals surface area contributed by atoms with Crippen molar-refractivity contribution in [3.63, 3.8) is 0 Å². The molecule has 0 bridgehead atoms. The second kappa shape index (κ2) is 8.73. The fourth-order valence-electron chi connectivity index (χ4n) is 4.52. The van der Waals surface area contributed by atoms with Crippen LogP contribution >= 0.6 is 0 Å². The Kier molecular flexibility index (Phi) is 6.08. The van der Waals surface area contributed by atoms with Gasteiger partial charge in [0, 0.05) is 48.4 Å². The van der Waals surface area contributed by atoms with Gasteiger partial charge in [-0.1, -0.05) is 6.92 Å². The number of aromatic carboxylic acids is 1. The molecule has 1 unspecified atom stereocenters. The van der Waals surface area contributed by atoms with Gasteiger partial charge in [0.2, 0.25) is 0 Å². The number of anilines is 1. The summed E-state index contributed by atoms with van der Waals surface area (Å²) in [6.07, 6.45) is 3.14. The van der Waals surface area contributed by atoms with Crippen LogP contribution < -0.4 is 15.7 Å². The van der Waals surface area contributed by atoms with Crippen LogP contribution in [0.2, 0.25) is 0 Å². The van der Waals surface area contributed by atoms with Gasteiger partial charge in [0.05, 0.1) is 19.1 Å². The van der Waals surface area contributed by atoms with Crippen molar-refractivity contribution in [2.75, 3.05) is 38.2 Å². The summed E-state index contributed by atoms with van der Waals surface area (Å²) in [5, 5.41) is 18.6. The van der Waals surface area contributed by atoms with Crippen molar-refractivity contribution in [1.29, 1.82) is 0 Å². The van der Waals surface area contributed by atoms with E-state index in [-0.39, 0.29) is 17.7 Å². The Balaban J connectivity index is 1.75. The normalized spacial score (nSPS) is 20.8. The molecule has 2 aromatic rings. The van der Waals surface area contributed by atoms with Crippen molar-refractivity contribution in [3.05, 3.63) is 28.5 Å². The molecule has 29 heavy (non-hydrogen) atoms. The summed E-state index contributed by atoms with van der Waals surface area (Å²) in [5.41, 5.74) is 3.34. The average Bonchev–Trinajstić information content (AvgIpc) is 3.03. The smallest absolute Gasteiger partial charge is 0.137 e. The number of carboxylic acid groups (broad SMARTS) is 1. The van der Waals surface area contributed by atoms with Gasteiger partial charge in [-0.05, 0) is 37.3 Å². The topological polar surface area (TPSA) is 100 Å². The minimum Gasteiger partial charge on any atom is -0.545 e. The highest BCUT2D eigenvalue weighted by Gasteiger charge is 2.25. The van der Waals surface area contributed by atoms with E-state index in [0.717, 1.165) is 68.3 Å². The molecule has 1 aromatic heterocycles. The first-order chi connectivity index (χ1) is 14.1. The molecule has 1 aromatic carbocycles. The fraction of sp³-hybridized carbons (Fsp3) is 0.591. The van der Waals surface area contributed by atoms with Crippen molar-refractivity contribution < 1.29 is 29.1 Å². The molecule has 7 nitrogen and oxygen atoms in total. The van der Waals surface area contributed by atoms with E-state index in [1.807, 2.05) is 19.9 Å². The third kappa shape index (κ3) is 4.13. The van der Waals surface area contributed by atoms with E-state index in [1.54, 1.807) is 0 Å². The molecule has 7 heteroatoms. The van der Waals surface area contributed by atoms with Gasteiger partial charge >= 0.3 is 0 Å². The van der Waals surface area contributed by atoms with Crippen LogP contribution in [0.1, 0.15) is 47.0 Å². The van der Waals surface area contributed by atoms with Crippen molar-refractivity contribution in [2.24, 2.45) is 0 Å². The molecule has 3 heterocycles. The number of benzene rings is 1. The summed E-state index contributed by atoms with van der Waals surface area (Å²) in [5.74, 6) is -0.353. The summed E-state index contributed by atoms with van der Waals surface area (Å²) in [4.78, 5) is 12.2. The van der Waals surface area contributed by atoms with Crippen molar-refractivity contribution in [1.82, 2.24) is 0 Å². The number of ether oxygens (including phenoxy) is 2. The van der Waals surface area contributed by atoms with Gasteiger partial charge in [-0.25, -0.2) is 0 Å². The third-order valence-corrected chi connectivity index (χ3v) is 6.08.